The van der Waals surface area contributed by atoms with Gasteiger partial charge < -0.3 is 9.26 Å². The van der Waals surface area contributed by atoms with Gasteiger partial charge in [-0.1, -0.05) is 41.9 Å². The highest BCUT2D eigenvalue weighted by Gasteiger charge is 2.15. The van der Waals surface area contributed by atoms with Gasteiger partial charge in [-0.05, 0) is 25.5 Å². The van der Waals surface area contributed by atoms with E-state index in [1.54, 1.807) is 7.11 Å². The molecule has 3 rings (SSSR count). The van der Waals surface area contributed by atoms with E-state index in [0.717, 1.165) is 29.7 Å². The Kier molecular flexibility index (Phi) is 4.37. The molecule has 1 aromatic carbocycles. The summed E-state index contributed by atoms with van der Waals surface area (Å²) >= 11 is 0. The summed E-state index contributed by atoms with van der Waals surface area (Å²) in [5.41, 5.74) is 3.84. The molecule has 0 amide bonds. The summed E-state index contributed by atoms with van der Waals surface area (Å²) in [7, 11) is 1.60. The van der Waals surface area contributed by atoms with Gasteiger partial charge in [-0.15, -0.1) is 0 Å². The van der Waals surface area contributed by atoms with Crippen LogP contribution in [-0.4, -0.2) is 22.2 Å². The molecule has 0 spiro atoms. The lowest BCUT2D eigenvalue weighted by Crippen LogP contribution is -1.95. The molecular weight excluding hydrogens is 290 g/mol. The highest BCUT2D eigenvalue weighted by molar-refractivity contribution is 5.67. The fourth-order valence-corrected chi connectivity index (χ4v) is 2.33. The minimum absolute atomic E-state index is 0.493. The van der Waals surface area contributed by atoms with E-state index < -0.39 is 0 Å². The van der Waals surface area contributed by atoms with Crippen LogP contribution in [0, 0.1) is 6.92 Å². The average molecular weight is 309 g/mol. The van der Waals surface area contributed by atoms with E-state index in [0.29, 0.717) is 17.6 Å². The molecule has 0 aliphatic carbocycles. The first-order chi connectivity index (χ1) is 11.2. The zero-order valence-corrected chi connectivity index (χ0v) is 13.5. The third kappa shape index (κ3) is 3.23. The Morgan fingerprint density at radius 2 is 1.83 bits per heavy atom. The second kappa shape index (κ2) is 6.60. The topological polar surface area (TPSA) is 61.0 Å². The number of pyridine rings is 1. The molecule has 0 atom stereocenters. The molecule has 23 heavy (non-hydrogen) atoms. The molecule has 0 unspecified atom stereocenters. The Labute approximate surface area is 135 Å². The fraction of sp³-hybridized carbons (Fsp3) is 0.278. The van der Waals surface area contributed by atoms with Crippen LogP contribution in [-0.2, 0) is 6.42 Å². The van der Waals surface area contributed by atoms with Crippen LogP contribution in [0.5, 0.6) is 5.88 Å². The van der Waals surface area contributed by atoms with Crippen molar-refractivity contribution in [2.24, 2.45) is 0 Å². The predicted octanol–water partition coefficient (Wildman–Crippen LogP) is 4.07. The van der Waals surface area contributed by atoms with Gasteiger partial charge in [0.15, 0.2) is 0 Å². The molecule has 0 radical (unpaired) electrons. The van der Waals surface area contributed by atoms with E-state index in [-0.39, 0.29) is 0 Å². The number of aryl methyl sites for hydroxylation is 2. The van der Waals surface area contributed by atoms with Gasteiger partial charge in [0.05, 0.1) is 18.4 Å². The van der Waals surface area contributed by atoms with Crippen molar-refractivity contribution in [3.05, 3.63) is 47.9 Å². The summed E-state index contributed by atoms with van der Waals surface area (Å²) in [6, 6.07) is 12.1. The van der Waals surface area contributed by atoms with E-state index in [2.05, 4.69) is 41.1 Å². The van der Waals surface area contributed by atoms with Gasteiger partial charge in [0.25, 0.3) is 0 Å². The molecule has 0 N–H and O–H groups in total. The van der Waals surface area contributed by atoms with Gasteiger partial charge in [-0.3, -0.25) is 0 Å². The predicted molar refractivity (Wildman–Crippen MR) is 88.2 cm³/mol. The van der Waals surface area contributed by atoms with E-state index >= 15 is 0 Å². The third-order valence-corrected chi connectivity index (χ3v) is 3.57. The Morgan fingerprint density at radius 1 is 1.04 bits per heavy atom. The molecule has 2 aromatic heterocycles. The maximum atomic E-state index is 5.42. The van der Waals surface area contributed by atoms with Crippen LogP contribution >= 0.6 is 0 Å². The van der Waals surface area contributed by atoms with E-state index in [1.807, 2.05) is 24.3 Å². The van der Waals surface area contributed by atoms with Crippen LogP contribution in [0.25, 0.3) is 22.6 Å². The van der Waals surface area contributed by atoms with Crippen molar-refractivity contribution in [2.75, 3.05) is 7.11 Å². The molecule has 0 saturated carbocycles. The van der Waals surface area contributed by atoms with Crippen molar-refractivity contribution in [1.82, 2.24) is 15.1 Å². The smallest absolute Gasteiger partial charge is 0.226 e. The largest absolute Gasteiger partial charge is 0.480 e. The van der Waals surface area contributed by atoms with Crippen LogP contribution in [0.2, 0.25) is 0 Å². The van der Waals surface area contributed by atoms with Crippen molar-refractivity contribution >= 4 is 0 Å². The molecule has 5 heteroatoms. The van der Waals surface area contributed by atoms with Gasteiger partial charge in [0.1, 0.15) is 0 Å². The maximum absolute atomic E-state index is 5.42. The lowest BCUT2D eigenvalue weighted by molar-refractivity contribution is 0.376. The third-order valence-electron chi connectivity index (χ3n) is 3.57. The second-order valence-corrected chi connectivity index (χ2v) is 5.38. The molecule has 0 saturated heterocycles. The highest BCUT2D eigenvalue weighted by Crippen LogP contribution is 2.29. The van der Waals surface area contributed by atoms with Crippen LogP contribution < -0.4 is 4.74 Å². The van der Waals surface area contributed by atoms with E-state index in [4.69, 9.17) is 9.26 Å². The summed E-state index contributed by atoms with van der Waals surface area (Å²) in [5.74, 6) is 1.63. The Bertz CT molecular complexity index is 794. The summed E-state index contributed by atoms with van der Waals surface area (Å²) in [6.07, 6.45) is 1.73. The molecule has 118 valence electrons. The van der Waals surface area contributed by atoms with Crippen molar-refractivity contribution in [1.29, 1.82) is 0 Å². The summed E-state index contributed by atoms with van der Waals surface area (Å²) < 4.78 is 10.7. The molecule has 3 aromatic rings. The number of ether oxygens (including phenoxy) is 1. The van der Waals surface area contributed by atoms with E-state index in [9.17, 15) is 0 Å². The monoisotopic (exact) mass is 309 g/mol. The maximum Gasteiger partial charge on any atom is 0.226 e. The normalized spacial score (nSPS) is 10.7. The Balaban J connectivity index is 1.97. The fourth-order valence-electron chi connectivity index (χ4n) is 2.33. The van der Waals surface area contributed by atoms with Crippen molar-refractivity contribution in [3.8, 4) is 28.5 Å². The molecule has 0 aliphatic heterocycles. The summed E-state index contributed by atoms with van der Waals surface area (Å²) in [4.78, 5) is 8.97. The van der Waals surface area contributed by atoms with Crippen LogP contribution in [0.3, 0.4) is 0 Å². The first-order valence-electron chi connectivity index (χ1n) is 7.66. The number of benzene rings is 1. The number of hydrogen-bond donors (Lipinski definition) is 0. The lowest BCUT2D eigenvalue weighted by Gasteiger charge is -2.07. The number of aromatic nitrogens is 3. The Hall–Kier alpha value is -2.69. The SMILES string of the molecule is CCCc1nc(-c2ccc(-c3ccc(C)cc3)nc2OC)no1. The minimum atomic E-state index is 0.493. The quantitative estimate of drug-likeness (QED) is 0.711. The van der Waals surface area contributed by atoms with Crippen LogP contribution in [0.4, 0.5) is 0 Å². The Morgan fingerprint density at radius 3 is 2.52 bits per heavy atom. The van der Waals surface area contributed by atoms with Gasteiger partial charge in [0, 0.05) is 12.0 Å². The number of nitrogens with zero attached hydrogens (tertiary/aromatic N) is 3. The van der Waals surface area contributed by atoms with Gasteiger partial charge in [-0.2, -0.15) is 4.98 Å². The standard InChI is InChI=1S/C18H19N3O2/c1-4-5-16-20-17(21-23-16)14-10-11-15(19-18(14)22-3)13-8-6-12(2)7-9-13/h6-11H,4-5H2,1-3H3. The lowest BCUT2D eigenvalue weighted by atomic mass is 10.1. The molecule has 0 fully saturated rings. The molecule has 0 aliphatic rings. The first kappa shape index (κ1) is 15.2. The summed E-state index contributed by atoms with van der Waals surface area (Å²) in [5, 5.41) is 4.02. The molecule has 2 heterocycles. The zero-order chi connectivity index (χ0) is 16.2. The molecule has 5 nitrogen and oxygen atoms in total. The van der Waals surface area contributed by atoms with Crippen molar-refractivity contribution in [2.45, 2.75) is 26.7 Å². The number of hydrogen-bond acceptors (Lipinski definition) is 5. The highest BCUT2D eigenvalue weighted by atomic mass is 16.5. The van der Waals surface area contributed by atoms with Crippen LogP contribution in [0.15, 0.2) is 40.9 Å². The minimum Gasteiger partial charge on any atom is -0.480 e. The molecular formula is C18H19N3O2. The number of rotatable bonds is 5. The van der Waals surface area contributed by atoms with Gasteiger partial charge in [-0.25, -0.2) is 4.98 Å². The van der Waals surface area contributed by atoms with Crippen LogP contribution in [0.1, 0.15) is 24.8 Å². The second-order valence-electron chi connectivity index (χ2n) is 5.38. The first-order valence-corrected chi connectivity index (χ1v) is 7.66. The van der Waals surface area contributed by atoms with Crippen molar-refractivity contribution in [3.63, 3.8) is 0 Å². The van der Waals surface area contributed by atoms with Gasteiger partial charge >= 0.3 is 0 Å². The zero-order valence-electron chi connectivity index (χ0n) is 13.5. The van der Waals surface area contributed by atoms with Crippen molar-refractivity contribution < 1.29 is 9.26 Å². The summed E-state index contributed by atoms with van der Waals surface area (Å²) in [6.45, 7) is 4.13. The number of methoxy groups -OCH3 is 1. The molecule has 0 bridgehead atoms. The van der Waals surface area contributed by atoms with Gasteiger partial charge in [0.2, 0.25) is 17.6 Å². The average Bonchev–Trinajstić information content (AvgIpc) is 3.04. The van der Waals surface area contributed by atoms with E-state index in [1.165, 1.54) is 5.56 Å².